The van der Waals surface area contributed by atoms with Gasteiger partial charge < -0.3 is 5.21 Å². The van der Waals surface area contributed by atoms with Crippen LogP contribution in [0.5, 0.6) is 0 Å². The highest BCUT2D eigenvalue weighted by atomic mass is 16.4. The van der Waals surface area contributed by atoms with E-state index in [0.717, 1.165) is 12.1 Å². The summed E-state index contributed by atoms with van der Waals surface area (Å²) in [7, 11) is 0. The molecule has 0 unspecified atom stereocenters. The molecule has 1 saturated carbocycles. The lowest BCUT2D eigenvalue weighted by molar-refractivity contribution is 0.316. The van der Waals surface area contributed by atoms with E-state index in [1.165, 1.54) is 0 Å². The number of nitrogens with zero attached hydrogens (tertiary/aromatic N) is 2. The summed E-state index contributed by atoms with van der Waals surface area (Å²) in [6.07, 6.45) is 1.44. The van der Waals surface area contributed by atoms with Crippen LogP contribution in [0, 0.1) is 28.6 Å². The second kappa shape index (κ2) is 3.37. The van der Waals surface area contributed by atoms with Gasteiger partial charge in [-0.25, -0.2) is 0 Å². The van der Waals surface area contributed by atoms with Crippen LogP contribution in [0.2, 0.25) is 0 Å². The molecule has 0 radical (unpaired) electrons. The topological polar surface area (TPSA) is 56.4 Å². The molecule has 13 heavy (non-hydrogen) atoms. The van der Waals surface area contributed by atoms with Gasteiger partial charge in [-0.3, -0.25) is 0 Å². The van der Waals surface area contributed by atoms with Gasteiger partial charge in [-0.1, -0.05) is 19.0 Å². The Morgan fingerprint density at radius 2 is 2.15 bits per heavy atom. The fourth-order valence-corrected chi connectivity index (χ4v) is 2.13. The van der Waals surface area contributed by atoms with Crippen molar-refractivity contribution in [2.24, 2.45) is 22.4 Å². The summed E-state index contributed by atoms with van der Waals surface area (Å²) in [5, 5.41) is 20.3. The smallest absolute Gasteiger partial charge is 0.0624 e. The van der Waals surface area contributed by atoms with Crippen LogP contribution in [-0.4, -0.2) is 10.9 Å². The van der Waals surface area contributed by atoms with Crippen molar-refractivity contribution in [1.82, 2.24) is 0 Å². The molecule has 0 amide bonds. The zero-order valence-corrected chi connectivity index (χ0v) is 8.41. The van der Waals surface area contributed by atoms with Crippen LogP contribution in [0.3, 0.4) is 0 Å². The van der Waals surface area contributed by atoms with Gasteiger partial charge in [0.15, 0.2) is 0 Å². The minimum Gasteiger partial charge on any atom is -0.411 e. The molecule has 0 heterocycles. The summed E-state index contributed by atoms with van der Waals surface area (Å²) in [5.74, 6) is 0.997. The third-order valence-electron chi connectivity index (χ3n) is 3.29. The third-order valence-corrected chi connectivity index (χ3v) is 3.29. The molecule has 3 heteroatoms. The first-order valence-electron chi connectivity index (χ1n) is 4.58. The zero-order chi connectivity index (χ0) is 10.1. The average molecular weight is 180 g/mol. The zero-order valence-electron chi connectivity index (χ0n) is 8.41. The third kappa shape index (κ3) is 1.82. The Morgan fingerprint density at radius 3 is 2.62 bits per heavy atom. The summed E-state index contributed by atoms with van der Waals surface area (Å²) in [6.45, 7) is 6.16. The van der Waals surface area contributed by atoms with Gasteiger partial charge >= 0.3 is 0 Å². The standard InChI is InChI=1S/C10H16N2O/c1-7(12-13)6-9-8(4-5-11)10(9,2)3/h8-9,13H,4,6H2,1-3H3/b12-7-/t8-,9+/m0/s1. The maximum atomic E-state index is 8.59. The van der Waals surface area contributed by atoms with Crippen molar-refractivity contribution in [2.45, 2.75) is 33.6 Å². The summed E-state index contributed by atoms with van der Waals surface area (Å²) in [5.41, 5.74) is 1.01. The Labute approximate surface area is 79.1 Å². The maximum Gasteiger partial charge on any atom is 0.0624 e. The fraction of sp³-hybridized carbons (Fsp3) is 0.800. The Kier molecular flexibility index (Phi) is 2.60. The van der Waals surface area contributed by atoms with E-state index < -0.39 is 0 Å². The van der Waals surface area contributed by atoms with Gasteiger partial charge in [0.1, 0.15) is 0 Å². The summed E-state index contributed by atoms with van der Waals surface area (Å²) in [4.78, 5) is 0. The highest BCUT2D eigenvalue weighted by Gasteiger charge is 2.56. The molecule has 3 nitrogen and oxygen atoms in total. The van der Waals surface area contributed by atoms with Crippen LogP contribution >= 0.6 is 0 Å². The molecular weight excluding hydrogens is 164 g/mol. The lowest BCUT2D eigenvalue weighted by Gasteiger charge is -2.00. The lowest BCUT2D eigenvalue weighted by Crippen LogP contribution is -1.97. The SMILES string of the molecule is C/C(C[C@@H]1[C@H](CC#N)C1(C)C)=N/O. The van der Waals surface area contributed by atoms with Crippen LogP contribution in [0.15, 0.2) is 5.16 Å². The monoisotopic (exact) mass is 180 g/mol. The molecule has 1 aliphatic rings. The van der Waals surface area contributed by atoms with Crippen LogP contribution in [0.1, 0.15) is 33.6 Å². The summed E-state index contributed by atoms with van der Waals surface area (Å²) < 4.78 is 0. The molecule has 2 atom stereocenters. The minimum atomic E-state index is 0.252. The van der Waals surface area contributed by atoms with Crippen molar-refractivity contribution in [3.8, 4) is 6.07 Å². The lowest BCUT2D eigenvalue weighted by atomic mass is 10.1. The van der Waals surface area contributed by atoms with Crippen molar-refractivity contribution >= 4 is 5.71 Å². The second-order valence-corrected chi connectivity index (χ2v) is 4.44. The van der Waals surface area contributed by atoms with Crippen molar-refractivity contribution in [2.75, 3.05) is 0 Å². The number of oxime groups is 1. The number of hydrogen-bond donors (Lipinski definition) is 1. The van der Waals surface area contributed by atoms with Crippen molar-refractivity contribution < 1.29 is 5.21 Å². The molecule has 0 aliphatic heterocycles. The Morgan fingerprint density at radius 1 is 1.54 bits per heavy atom. The van der Waals surface area contributed by atoms with Gasteiger partial charge in [0.25, 0.3) is 0 Å². The number of hydrogen-bond acceptors (Lipinski definition) is 3. The summed E-state index contributed by atoms with van der Waals surface area (Å²) in [6, 6.07) is 2.20. The quantitative estimate of drug-likeness (QED) is 0.412. The highest BCUT2D eigenvalue weighted by molar-refractivity contribution is 5.81. The van der Waals surface area contributed by atoms with Gasteiger partial charge in [0, 0.05) is 6.42 Å². The number of rotatable bonds is 3. The second-order valence-electron chi connectivity index (χ2n) is 4.44. The highest BCUT2D eigenvalue weighted by Crippen LogP contribution is 2.61. The molecule has 0 saturated heterocycles. The van der Waals surface area contributed by atoms with E-state index >= 15 is 0 Å². The molecule has 0 aromatic rings. The first-order valence-corrected chi connectivity index (χ1v) is 4.58. The molecule has 0 aromatic carbocycles. The van der Waals surface area contributed by atoms with Crippen LogP contribution < -0.4 is 0 Å². The average Bonchev–Trinajstić information content (AvgIpc) is 2.56. The summed E-state index contributed by atoms with van der Waals surface area (Å²) >= 11 is 0. The van der Waals surface area contributed by atoms with Crippen molar-refractivity contribution in [3.63, 3.8) is 0 Å². The maximum absolute atomic E-state index is 8.59. The number of nitriles is 1. The van der Waals surface area contributed by atoms with E-state index in [-0.39, 0.29) is 5.41 Å². The van der Waals surface area contributed by atoms with Crippen LogP contribution in [0.25, 0.3) is 0 Å². The largest absolute Gasteiger partial charge is 0.411 e. The molecule has 0 spiro atoms. The molecule has 0 bridgehead atoms. The van der Waals surface area contributed by atoms with Gasteiger partial charge in [-0.05, 0) is 30.6 Å². The van der Waals surface area contributed by atoms with E-state index in [1.807, 2.05) is 6.92 Å². The van der Waals surface area contributed by atoms with Crippen LogP contribution in [-0.2, 0) is 0 Å². The molecule has 1 N–H and O–H groups in total. The van der Waals surface area contributed by atoms with E-state index in [9.17, 15) is 0 Å². The van der Waals surface area contributed by atoms with Gasteiger partial charge in [-0.2, -0.15) is 5.26 Å². The fourth-order valence-electron chi connectivity index (χ4n) is 2.13. The van der Waals surface area contributed by atoms with Gasteiger partial charge in [-0.15, -0.1) is 0 Å². The van der Waals surface area contributed by atoms with Crippen LogP contribution in [0.4, 0.5) is 0 Å². The predicted octanol–water partition coefficient (Wildman–Crippen LogP) is 2.41. The Balaban J connectivity index is 2.52. The molecule has 1 aliphatic carbocycles. The first kappa shape index (κ1) is 10.0. The predicted molar refractivity (Wildman–Crippen MR) is 50.5 cm³/mol. The molecule has 0 aromatic heterocycles. The Hall–Kier alpha value is -1.04. The van der Waals surface area contributed by atoms with Gasteiger partial charge in [0.2, 0.25) is 0 Å². The molecule has 1 rings (SSSR count). The Bertz CT molecular complexity index is 263. The van der Waals surface area contributed by atoms with Crippen molar-refractivity contribution in [1.29, 1.82) is 5.26 Å². The molecule has 1 fully saturated rings. The van der Waals surface area contributed by atoms with E-state index in [2.05, 4.69) is 25.1 Å². The van der Waals surface area contributed by atoms with Gasteiger partial charge in [0.05, 0.1) is 11.8 Å². The minimum absolute atomic E-state index is 0.252. The van der Waals surface area contributed by atoms with E-state index in [4.69, 9.17) is 10.5 Å². The van der Waals surface area contributed by atoms with E-state index in [0.29, 0.717) is 18.3 Å². The molecular formula is C10H16N2O. The normalized spacial score (nSPS) is 31.1. The van der Waals surface area contributed by atoms with Crippen molar-refractivity contribution in [3.05, 3.63) is 0 Å². The molecule has 72 valence electrons. The van der Waals surface area contributed by atoms with E-state index in [1.54, 1.807) is 0 Å². The first-order chi connectivity index (χ1) is 6.04.